The third-order valence-electron chi connectivity index (χ3n) is 2.04. The minimum Gasteiger partial charge on any atom is -0.386 e. The van der Waals surface area contributed by atoms with Gasteiger partial charge >= 0.3 is 0 Å². The van der Waals surface area contributed by atoms with Gasteiger partial charge in [0.1, 0.15) is 5.82 Å². The van der Waals surface area contributed by atoms with Gasteiger partial charge in [-0.3, -0.25) is 4.72 Å². The molecule has 2 aromatic rings. The quantitative estimate of drug-likeness (QED) is 0.872. The van der Waals surface area contributed by atoms with Gasteiger partial charge in [0.15, 0.2) is 5.03 Å². The zero-order valence-corrected chi connectivity index (χ0v) is 11.3. The largest absolute Gasteiger partial charge is 0.386 e. The first kappa shape index (κ1) is 12.7. The number of hydrogen-bond acceptors (Lipinski definition) is 7. The predicted molar refractivity (Wildman–Crippen MR) is 69.2 cm³/mol. The Balaban J connectivity index is 2.36. The van der Waals surface area contributed by atoms with Crippen LogP contribution in [-0.4, -0.2) is 29.8 Å². The molecule has 2 N–H and O–H groups in total. The summed E-state index contributed by atoms with van der Waals surface area (Å²) < 4.78 is 30.5. The molecule has 7 nitrogen and oxygen atoms in total. The molecular formula is C9H11N5O2S2. The van der Waals surface area contributed by atoms with E-state index in [0.717, 1.165) is 11.5 Å². The first-order valence-electron chi connectivity index (χ1n) is 4.99. The number of sulfonamides is 1. The summed E-state index contributed by atoms with van der Waals surface area (Å²) in [6.07, 6.45) is 1.42. The van der Waals surface area contributed by atoms with Gasteiger partial charge in [0.2, 0.25) is 5.13 Å². The summed E-state index contributed by atoms with van der Waals surface area (Å²) in [5.74, 6) is 0.521. The lowest BCUT2D eigenvalue weighted by atomic mass is 10.4. The van der Waals surface area contributed by atoms with E-state index >= 15 is 0 Å². The van der Waals surface area contributed by atoms with Gasteiger partial charge in [-0.05, 0) is 19.1 Å². The summed E-state index contributed by atoms with van der Waals surface area (Å²) in [6.45, 7) is 1.69. The van der Waals surface area contributed by atoms with Gasteiger partial charge in [-0.2, -0.15) is 12.8 Å². The number of aromatic nitrogens is 3. The maximum atomic E-state index is 12.1. The van der Waals surface area contributed by atoms with E-state index in [0.29, 0.717) is 11.5 Å². The van der Waals surface area contributed by atoms with Crippen LogP contribution in [0.3, 0.4) is 0 Å². The first-order valence-corrected chi connectivity index (χ1v) is 7.24. The van der Waals surface area contributed by atoms with Crippen molar-refractivity contribution in [2.75, 3.05) is 17.1 Å². The van der Waals surface area contributed by atoms with E-state index < -0.39 is 10.0 Å². The summed E-state index contributed by atoms with van der Waals surface area (Å²) >= 11 is 0.985. The number of pyridine rings is 1. The van der Waals surface area contributed by atoms with Crippen molar-refractivity contribution in [1.82, 2.24) is 14.3 Å². The Hall–Kier alpha value is -1.74. The molecule has 2 aromatic heterocycles. The smallest absolute Gasteiger partial charge is 0.283 e. The predicted octanol–water partition coefficient (Wildman–Crippen LogP) is 1.08. The van der Waals surface area contributed by atoms with Gasteiger partial charge in [0.05, 0.1) is 5.69 Å². The SMILES string of the molecule is CNc1cccnc1S(=O)(=O)Nc1nc(C)ns1. The van der Waals surface area contributed by atoms with E-state index in [1.807, 2.05) is 0 Å². The van der Waals surface area contributed by atoms with Crippen molar-refractivity contribution in [1.29, 1.82) is 0 Å². The molecule has 0 saturated carbocycles. The first-order chi connectivity index (χ1) is 8.53. The molecule has 0 aliphatic carbocycles. The van der Waals surface area contributed by atoms with E-state index in [9.17, 15) is 8.42 Å². The normalized spacial score (nSPS) is 11.2. The fourth-order valence-electron chi connectivity index (χ4n) is 1.30. The monoisotopic (exact) mass is 285 g/mol. The van der Waals surface area contributed by atoms with Crippen LogP contribution in [0.1, 0.15) is 5.82 Å². The number of anilines is 2. The maximum Gasteiger partial charge on any atom is 0.283 e. The number of nitrogens with one attached hydrogen (secondary N) is 2. The average Bonchev–Trinajstić information content (AvgIpc) is 2.74. The van der Waals surface area contributed by atoms with E-state index in [1.54, 1.807) is 26.1 Å². The highest BCUT2D eigenvalue weighted by atomic mass is 32.2. The molecule has 0 atom stereocenters. The van der Waals surface area contributed by atoms with Crippen molar-refractivity contribution in [3.05, 3.63) is 24.2 Å². The van der Waals surface area contributed by atoms with Gasteiger partial charge in [-0.15, -0.1) is 0 Å². The van der Waals surface area contributed by atoms with Crippen LogP contribution in [0.2, 0.25) is 0 Å². The van der Waals surface area contributed by atoms with Gasteiger partial charge in [-0.1, -0.05) is 0 Å². The molecule has 0 radical (unpaired) electrons. The molecule has 0 aliphatic heterocycles. The summed E-state index contributed by atoms with van der Waals surface area (Å²) in [7, 11) is -2.13. The van der Waals surface area contributed by atoms with Crippen molar-refractivity contribution in [3.8, 4) is 0 Å². The topological polar surface area (TPSA) is 96.9 Å². The second-order valence-electron chi connectivity index (χ2n) is 3.36. The van der Waals surface area contributed by atoms with Crippen molar-refractivity contribution in [2.45, 2.75) is 11.9 Å². The Morgan fingerprint density at radius 2 is 2.17 bits per heavy atom. The van der Waals surface area contributed by atoms with Gasteiger partial charge < -0.3 is 5.32 Å². The van der Waals surface area contributed by atoms with Crippen molar-refractivity contribution >= 4 is 32.4 Å². The van der Waals surface area contributed by atoms with Crippen molar-refractivity contribution in [3.63, 3.8) is 0 Å². The Labute approximate surface area is 109 Å². The molecule has 2 heterocycles. The fraction of sp³-hybridized carbons (Fsp3) is 0.222. The number of aryl methyl sites for hydroxylation is 1. The lowest BCUT2D eigenvalue weighted by molar-refractivity contribution is 0.598. The number of nitrogens with zero attached hydrogens (tertiary/aromatic N) is 3. The molecular weight excluding hydrogens is 274 g/mol. The lowest BCUT2D eigenvalue weighted by Gasteiger charge is -2.08. The van der Waals surface area contributed by atoms with Gasteiger partial charge in [0, 0.05) is 24.8 Å². The molecule has 0 bridgehead atoms. The van der Waals surface area contributed by atoms with Crippen LogP contribution < -0.4 is 10.0 Å². The van der Waals surface area contributed by atoms with Crippen LogP contribution in [0.15, 0.2) is 23.4 Å². The molecule has 0 spiro atoms. The van der Waals surface area contributed by atoms with Crippen LogP contribution in [0, 0.1) is 6.92 Å². The minimum atomic E-state index is -3.76. The number of hydrogen-bond donors (Lipinski definition) is 2. The molecule has 18 heavy (non-hydrogen) atoms. The van der Waals surface area contributed by atoms with Crippen LogP contribution >= 0.6 is 11.5 Å². The fourth-order valence-corrected chi connectivity index (χ4v) is 3.24. The molecule has 9 heteroatoms. The van der Waals surface area contributed by atoms with Gasteiger partial charge in [-0.25, -0.2) is 9.97 Å². The highest BCUT2D eigenvalue weighted by molar-refractivity contribution is 7.93. The molecule has 0 unspecified atom stereocenters. The summed E-state index contributed by atoms with van der Waals surface area (Å²) in [5.41, 5.74) is 0.422. The molecule has 0 aliphatic rings. The van der Waals surface area contributed by atoms with Gasteiger partial charge in [0.25, 0.3) is 10.0 Å². The highest BCUT2D eigenvalue weighted by Crippen LogP contribution is 2.21. The molecule has 96 valence electrons. The minimum absolute atomic E-state index is 0.0691. The summed E-state index contributed by atoms with van der Waals surface area (Å²) in [5, 5.41) is 2.93. The second-order valence-corrected chi connectivity index (χ2v) is 5.71. The highest BCUT2D eigenvalue weighted by Gasteiger charge is 2.21. The third-order valence-corrected chi connectivity index (χ3v) is 4.19. The zero-order chi connectivity index (χ0) is 13.2. The van der Waals surface area contributed by atoms with E-state index in [2.05, 4.69) is 24.4 Å². The third kappa shape index (κ3) is 2.57. The average molecular weight is 285 g/mol. The lowest BCUT2D eigenvalue weighted by Crippen LogP contribution is -2.16. The molecule has 2 rings (SSSR count). The Bertz CT molecular complexity index is 652. The zero-order valence-electron chi connectivity index (χ0n) is 9.71. The van der Waals surface area contributed by atoms with E-state index in [-0.39, 0.29) is 10.2 Å². The maximum absolute atomic E-state index is 12.1. The van der Waals surface area contributed by atoms with Crippen LogP contribution in [-0.2, 0) is 10.0 Å². The van der Waals surface area contributed by atoms with E-state index in [4.69, 9.17) is 0 Å². The Kier molecular flexibility index (Phi) is 3.43. The second kappa shape index (κ2) is 4.86. The van der Waals surface area contributed by atoms with Crippen molar-refractivity contribution in [2.24, 2.45) is 0 Å². The molecule has 0 aromatic carbocycles. The molecule has 0 fully saturated rings. The van der Waals surface area contributed by atoms with E-state index in [1.165, 1.54) is 6.20 Å². The van der Waals surface area contributed by atoms with Crippen LogP contribution in [0.25, 0.3) is 0 Å². The standard InChI is InChI=1S/C9H11N5O2S2/c1-6-12-9(17-13-6)14-18(15,16)8-7(10-2)4-3-5-11-8/h3-5,10H,1-2H3,(H,12,13,14). The molecule has 0 amide bonds. The number of rotatable bonds is 4. The summed E-state index contributed by atoms with van der Waals surface area (Å²) in [6, 6.07) is 3.28. The van der Waals surface area contributed by atoms with Crippen LogP contribution in [0.5, 0.6) is 0 Å². The molecule has 0 saturated heterocycles. The van der Waals surface area contributed by atoms with Crippen molar-refractivity contribution < 1.29 is 8.42 Å². The summed E-state index contributed by atoms with van der Waals surface area (Å²) in [4.78, 5) is 7.81. The Morgan fingerprint density at radius 1 is 1.39 bits per heavy atom. The Morgan fingerprint density at radius 3 is 2.78 bits per heavy atom. The van der Waals surface area contributed by atoms with Crippen LogP contribution in [0.4, 0.5) is 10.8 Å².